The van der Waals surface area contributed by atoms with E-state index in [1.54, 1.807) is 7.11 Å². The molecule has 6 rings (SSSR count). The van der Waals surface area contributed by atoms with Crippen LogP contribution in [0, 0.1) is 18.6 Å². The highest BCUT2D eigenvalue weighted by atomic mass is 19.1. The molecule has 2 fully saturated rings. The molecule has 1 aromatic carbocycles. The molecule has 1 saturated heterocycles. The van der Waals surface area contributed by atoms with E-state index < -0.39 is 11.6 Å². The molecule has 9 heteroatoms. The maximum absolute atomic E-state index is 14.9. The molecule has 4 aromatic rings. The third-order valence-corrected chi connectivity index (χ3v) is 7.03. The van der Waals surface area contributed by atoms with Gasteiger partial charge in [-0.25, -0.2) is 23.7 Å². The van der Waals surface area contributed by atoms with Crippen molar-refractivity contribution in [3.05, 3.63) is 70.9 Å². The second kappa shape index (κ2) is 9.29. The van der Waals surface area contributed by atoms with Crippen LogP contribution in [0.25, 0.3) is 22.3 Å². The lowest BCUT2D eigenvalue weighted by molar-refractivity contribution is 0.00462. The van der Waals surface area contributed by atoms with Gasteiger partial charge in [-0.2, -0.15) is 5.10 Å². The van der Waals surface area contributed by atoms with E-state index in [2.05, 4.69) is 11.3 Å². The van der Waals surface area contributed by atoms with Gasteiger partial charge in [0, 0.05) is 48.7 Å². The third kappa shape index (κ3) is 4.37. The standard InChI is InChI=1S/C27H27F2N5O2/c1-15-24(14-35-2)33-27-23(31-15)11-22(32-26(27)20-6-3-18(28)10-21(20)29)16-7-8-36-25(9-16)17-12-30-34(13-17)19-4-5-19/h3,6,10-13,16,19,25H,4-5,7-9,14H2,1-2H3/t16-,25+/m1/s1. The fraction of sp³-hybridized carbons (Fsp3) is 0.407. The minimum absolute atomic E-state index is 0.0837. The molecule has 0 radical (unpaired) electrons. The normalized spacial score (nSPS) is 20.2. The molecular weight excluding hydrogens is 464 g/mol. The van der Waals surface area contributed by atoms with Gasteiger partial charge in [0.05, 0.1) is 41.9 Å². The van der Waals surface area contributed by atoms with E-state index in [0.717, 1.165) is 35.9 Å². The minimum atomic E-state index is -0.686. The van der Waals surface area contributed by atoms with E-state index in [-0.39, 0.29) is 24.2 Å². The molecule has 0 amide bonds. The summed E-state index contributed by atoms with van der Waals surface area (Å²) in [4.78, 5) is 14.4. The summed E-state index contributed by atoms with van der Waals surface area (Å²) in [5.74, 6) is -1.24. The monoisotopic (exact) mass is 491 g/mol. The van der Waals surface area contributed by atoms with Crippen LogP contribution in [0.15, 0.2) is 36.7 Å². The summed E-state index contributed by atoms with van der Waals surface area (Å²) in [7, 11) is 1.59. The van der Waals surface area contributed by atoms with Crippen molar-refractivity contribution < 1.29 is 18.3 Å². The molecule has 0 spiro atoms. The summed E-state index contributed by atoms with van der Waals surface area (Å²) in [6.45, 7) is 2.74. The van der Waals surface area contributed by atoms with Crippen LogP contribution in [0.5, 0.6) is 0 Å². The van der Waals surface area contributed by atoms with Crippen LogP contribution in [0.3, 0.4) is 0 Å². The summed E-state index contributed by atoms with van der Waals surface area (Å²) in [5, 5.41) is 4.52. The zero-order valence-corrected chi connectivity index (χ0v) is 20.2. The average molecular weight is 492 g/mol. The molecule has 0 N–H and O–H groups in total. The highest BCUT2D eigenvalue weighted by Gasteiger charge is 2.30. The molecule has 1 aliphatic carbocycles. The summed E-state index contributed by atoms with van der Waals surface area (Å²) < 4.78 is 42.0. The number of hydrogen-bond donors (Lipinski definition) is 0. The van der Waals surface area contributed by atoms with Gasteiger partial charge in [-0.1, -0.05) is 0 Å². The Hall–Kier alpha value is -3.30. The number of pyridine rings is 1. The zero-order chi connectivity index (χ0) is 24.8. The van der Waals surface area contributed by atoms with Crippen LogP contribution < -0.4 is 0 Å². The smallest absolute Gasteiger partial charge is 0.135 e. The maximum atomic E-state index is 14.9. The van der Waals surface area contributed by atoms with Crippen molar-refractivity contribution in [2.24, 2.45) is 0 Å². The van der Waals surface area contributed by atoms with Crippen molar-refractivity contribution in [2.45, 2.75) is 57.3 Å². The van der Waals surface area contributed by atoms with E-state index >= 15 is 0 Å². The van der Waals surface area contributed by atoms with E-state index in [4.69, 9.17) is 24.4 Å². The van der Waals surface area contributed by atoms with Crippen LogP contribution in [-0.4, -0.2) is 38.4 Å². The molecule has 0 bridgehead atoms. The summed E-state index contributed by atoms with van der Waals surface area (Å²) in [5.41, 5.74) is 4.91. The fourth-order valence-electron chi connectivity index (χ4n) is 4.91. The van der Waals surface area contributed by atoms with Crippen molar-refractivity contribution in [3.63, 3.8) is 0 Å². The Kier molecular flexibility index (Phi) is 5.97. The van der Waals surface area contributed by atoms with Gasteiger partial charge in [-0.3, -0.25) is 4.68 Å². The molecule has 2 atom stereocenters. The quantitative estimate of drug-likeness (QED) is 0.350. The molecule has 0 unspecified atom stereocenters. The van der Waals surface area contributed by atoms with Crippen molar-refractivity contribution in [2.75, 3.05) is 13.7 Å². The molecule has 36 heavy (non-hydrogen) atoms. The number of rotatable bonds is 6. The predicted molar refractivity (Wildman–Crippen MR) is 129 cm³/mol. The molecule has 1 aliphatic heterocycles. The van der Waals surface area contributed by atoms with E-state index in [0.29, 0.717) is 35.1 Å². The summed E-state index contributed by atoms with van der Waals surface area (Å²) in [6.07, 6.45) is 7.75. The van der Waals surface area contributed by atoms with Gasteiger partial charge in [-0.15, -0.1) is 0 Å². The lowest BCUT2D eigenvalue weighted by atomic mass is 9.89. The molecule has 2 aliphatic rings. The van der Waals surface area contributed by atoms with Gasteiger partial charge in [-0.05, 0) is 50.8 Å². The van der Waals surface area contributed by atoms with E-state index in [1.807, 2.05) is 23.9 Å². The average Bonchev–Trinajstić information content (AvgIpc) is 3.60. The van der Waals surface area contributed by atoms with Crippen LogP contribution >= 0.6 is 0 Å². The number of fused-ring (bicyclic) bond motifs is 1. The Morgan fingerprint density at radius 2 is 1.97 bits per heavy atom. The first-order valence-electron chi connectivity index (χ1n) is 12.3. The minimum Gasteiger partial charge on any atom is -0.378 e. The van der Waals surface area contributed by atoms with Gasteiger partial charge < -0.3 is 9.47 Å². The zero-order valence-electron chi connectivity index (χ0n) is 20.2. The Labute approximate surface area is 207 Å². The van der Waals surface area contributed by atoms with Gasteiger partial charge in [0.15, 0.2) is 0 Å². The molecule has 186 valence electrons. The van der Waals surface area contributed by atoms with Crippen molar-refractivity contribution in [3.8, 4) is 11.3 Å². The van der Waals surface area contributed by atoms with Gasteiger partial charge >= 0.3 is 0 Å². The maximum Gasteiger partial charge on any atom is 0.135 e. The number of ether oxygens (including phenoxy) is 2. The Morgan fingerprint density at radius 1 is 1.11 bits per heavy atom. The molecular formula is C27H27F2N5O2. The summed E-state index contributed by atoms with van der Waals surface area (Å²) >= 11 is 0. The van der Waals surface area contributed by atoms with Crippen LogP contribution in [0.1, 0.15) is 66.4 Å². The second-order valence-electron chi connectivity index (χ2n) is 9.64. The number of aryl methyl sites for hydroxylation is 1. The van der Waals surface area contributed by atoms with E-state index in [1.165, 1.54) is 25.0 Å². The van der Waals surface area contributed by atoms with Crippen LogP contribution in [0.2, 0.25) is 0 Å². The van der Waals surface area contributed by atoms with Crippen LogP contribution in [-0.2, 0) is 16.1 Å². The predicted octanol–water partition coefficient (Wildman–Crippen LogP) is 5.59. The van der Waals surface area contributed by atoms with Crippen molar-refractivity contribution >= 4 is 11.0 Å². The molecule has 7 nitrogen and oxygen atoms in total. The Bertz CT molecular complexity index is 1440. The molecule has 4 heterocycles. The third-order valence-electron chi connectivity index (χ3n) is 7.03. The lowest BCUT2D eigenvalue weighted by Crippen LogP contribution is -2.19. The van der Waals surface area contributed by atoms with E-state index in [9.17, 15) is 8.78 Å². The Morgan fingerprint density at radius 3 is 2.75 bits per heavy atom. The summed E-state index contributed by atoms with van der Waals surface area (Å²) in [6, 6.07) is 5.97. The van der Waals surface area contributed by atoms with Gasteiger partial charge in [0.2, 0.25) is 0 Å². The van der Waals surface area contributed by atoms with Gasteiger partial charge in [0.1, 0.15) is 22.8 Å². The van der Waals surface area contributed by atoms with Crippen LogP contribution in [0.4, 0.5) is 8.78 Å². The second-order valence-corrected chi connectivity index (χ2v) is 9.64. The first-order valence-corrected chi connectivity index (χ1v) is 12.3. The number of benzene rings is 1. The first kappa shape index (κ1) is 23.1. The number of halogens is 2. The highest BCUT2D eigenvalue weighted by molar-refractivity contribution is 5.89. The molecule has 3 aromatic heterocycles. The largest absolute Gasteiger partial charge is 0.378 e. The topological polar surface area (TPSA) is 75.0 Å². The van der Waals surface area contributed by atoms with Gasteiger partial charge in [0.25, 0.3) is 0 Å². The SMILES string of the molecule is COCc1nc2c(-c3ccc(F)cc3F)nc([C@@H]3CCO[C@H](c4cnn(C5CC5)c4)C3)cc2nc1C. The fourth-order valence-corrected chi connectivity index (χ4v) is 4.91. The number of aromatic nitrogens is 5. The molecule has 1 saturated carbocycles. The highest BCUT2D eigenvalue weighted by Crippen LogP contribution is 2.40. The van der Waals surface area contributed by atoms with Crippen molar-refractivity contribution in [1.82, 2.24) is 24.7 Å². The number of methoxy groups -OCH3 is 1. The lowest BCUT2D eigenvalue weighted by Gasteiger charge is -2.29. The first-order chi connectivity index (χ1) is 17.5. The van der Waals surface area contributed by atoms with Crippen molar-refractivity contribution in [1.29, 1.82) is 0 Å². The number of hydrogen-bond acceptors (Lipinski definition) is 6. The number of nitrogens with zero attached hydrogens (tertiary/aromatic N) is 5. The Balaban J connectivity index is 1.42.